The molecule has 0 amide bonds. The van der Waals surface area contributed by atoms with Crippen LogP contribution in [0.1, 0.15) is 0 Å². The topological polar surface area (TPSA) is 81.4 Å². The van der Waals surface area contributed by atoms with E-state index in [1.165, 1.54) is 12.1 Å². The second-order valence-corrected chi connectivity index (χ2v) is 7.12. The number of nitrogens with two attached hydrogens (primary N) is 1. The Balaban J connectivity index is 2.72. The minimum atomic E-state index is -4.47. The van der Waals surface area contributed by atoms with Gasteiger partial charge in [-0.2, -0.15) is 0 Å². The Hall–Kier alpha value is -1.53. The molecule has 0 spiro atoms. The Morgan fingerprint density at radius 3 is 2.35 bits per heavy atom. The molecule has 124 valence electrons. The maximum absolute atomic E-state index is 14.1. The van der Waals surface area contributed by atoms with Crippen LogP contribution in [0.25, 0.3) is 0 Å². The van der Waals surface area contributed by atoms with Crippen LogP contribution in [0.5, 0.6) is 5.75 Å². The Bertz CT molecular complexity index is 875. The van der Waals surface area contributed by atoms with Crippen LogP contribution in [0, 0.1) is 21.0 Å². The largest absolute Gasteiger partial charge is 0.495 e. The first-order valence-electron chi connectivity index (χ1n) is 5.96. The van der Waals surface area contributed by atoms with Crippen LogP contribution in [-0.2, 0) is 10.0 Å². The van der Waals surface area contributed by atoms with E-state index in [1.807, 2.05) is 22.6 Å². The summed E-state index contributed by atoms with van der Waals surface area (Å²) >= 11 is 1.86. The molecule has 0 unspecified atom stereocenters. The zero-order chi connectivity index (χ0) is 17.4. The zero-order valence-electron chi connectivity index (χ0n) is 11.5. The zero-order valence-corrected chi connectivity index (χ0v) is 14.5. The van der Waals surface area contributed by atoms with Crippen molar-refractivity contribution in [3.63, 3.8) is 0 Å². The van der Waals surface area contributed by atoms with Crippen LogP contribution < -0.4 is 15.2 Å². The first kappa shape index (κ1) is 17.8. The fraction of sp³-hybridized carbons (Fsp3) is 0.0769. The van der Waals surface area contributed by atoms with Crippen LogP contribution in [0.15, 0.2) is 29.2 Å². The van der Waals surface area contributed by atoms with E-state index >= 15 is 0 Å². The number of methoxy groups -OCH3 is 1. The molecule has 23 heavy (non-hydrogen) atoms. The summed E-state index contributed by atoms with van der Waals surface area (Å²) in [6.07, 6.45) is 0. The molecule has 0 radical (unpaired) electrons. The summed E-state index contributed by atoms with van der Waals surface area (Å²) in [5.74, 6) is -4.17. The molecule has 0 saturated carbocycles. The van der Waals surface area contributed by atoms with Gasteiger partial charge in [-0.1, -0.05) is 0 Å². The molecule has 0 atom stereocenters. The first-order chi connectivity index (χ1) is 10.6. The highest BCUT2D eigenvalue weighted by molar-refractivity contribution is 14.1. The molecule has 0 saturated heterocycles. The van der Waals surface area contributed by atoms with Crippen LogP contribution in [0.4, 0.5) is 24.5 Å². The predicted molar refractivity (Wildman–Crippen MR) is 86.7 cm³/mol. The van der Waals surface area contributed by atoms with Gasteiger partial charge in [-0.25, -0.2) is 26.7 Å². The third-order valence-corrected chi connectivity index (χ3v) is 4.48. The molecule has 0 heterocycles. The van der Waals surface area contributed by atoms with Gasteiger partial charge in [0.05, 0.1) is 12.8 Å². The maximum Gasteiger partial charge on any atom is 0.243 e. The van der Waals surface area contributed by atoms with Gasteiger partial charge in [0.15, 0.2) is 16.5 Å². The summed E-state index contributed by atoms with van der Waals surface area (Å²) < 4.78 is 70.3. The molecule has 0 bridgehead atoms. The molecule has 2 aromatic carbocycles. The number of hydrogen-bond acceptors (Lipinski definition) is 4. The fourth-order valence-electron chi connectivity index (χ4n) is 1.86. The Kier molecular flexibility index (Phi) is 5.06. The summed E-state index contributed by atoms with van der Waals surface area (Å²) in [6.45, 7) is 0. The molecule has 2 aromatic rings. The molecule has 0 aromatic heterocycles. The second kappa shape index (κ2) is 6.53. The van der Waals surface area contributed by atoms with Crippen molar-refractivity contribution in [1.29, 1.82) is 0 Å². The monoisotopic (exact) mass is 458 g/mol. The van der Waals surface area contributed by atoms with E-state index < -0.39 is 43.8 Å². The van der Waals surface area contributed by atoms with E-state index in [0.29, 0.717) is 9.64 Å². The number of rotatable bonds is 4. The summed E-state index contributed by atoms with van der Waals surface area (Å²) in [4.78, 5) is -0.808. The van der Waals surface area contributed by atoms with Crippen molar-refractivity contribution in [1.82, 2.24) is 0 Å². The van der Waals surface area contributed by atoms with E-state index in [9.17, 15) is 21.6 Å². The number of primary sulfonamides is 1. The first-order valence-corrected chi connectivity index (χ1v) is 8.58. The predicted octanol–water partition coefficient (Wildman–Crippen LogP) is 3.11. The van der Waals surface area contributed by atoms with E-state index in [0.717, 1.165) is 13.2 Å². The van der Waals surface area contributed by atoms with Gasteiger partial charge in [-0.15, -0.1) is 0 Å². The molecule has 10 heteroatoms. The van der Waals surface area contributed by atoms with Crippen molar-refractivity contribution in [2.24, 2.45) is 5.14 Å². The van der Waals surface area contributed by atoms with Crippen LogP contribution in [-0.4, -0.2) is 15.5 Å². The van der Waals surface area contributed by atoms with Crippen LogP contribution >= 0.6 is 22.6 Å². The molecular weight excluding hydrogens is 448 g/mol. The summed E-state index contributed by atoms with van der Waals surface area (Å²) in [6, 6.07) is 4.43. The highest BCUT2D eigenvalue weighted by atomic mass is 127. The van der Waals surface area contributed by atoms with Crippen molar-refractivity contribution in [3.05, 3.63) is 45.3 Å². The van der Waals surface area contributed by atoms with E-state index in [1.54, 1.807) is 0 Å². The van der Waals surface area contributed by atoms with Gasteiger partial charge in [0, 0.05) is 9.64 Å². The minimum Gasteiger partial charge on any atom is -0.495 e. The Morgan fingerprint density at radius 1 is 1.17 bits per heavy atom. The normalized spacial score (nSPS) is 11.4. The number of benzene rings is 2. The van der Waals surface area contributed by atoms with Gasteiger partial charge in [0.25, 0.3) is 0 Å². The minimum absolute atomic E-state index is 0.248. The molecule has 3 N–H and O–H groups in total. The third kappa shape index (κ3) is 3.70. The lowest BCUT2D eigenvalue weighted by molar-refractivity contribution is 0.394. The number of sulfonamides is 1. The summed E-state index contributed by atoms with van der Waals surface area (Å²) in [5.41, 5.74) is -1.08. The molecule has 0 aliphatic carbocycles. The lowest BCUT2D eigenvalue weighted by atomic mass is 10.2. The van der Waals surface area contributed by atoms with Crippen LogP contribution in [0.2, 0.25) is 0 Å². The average Bonchev–Trinajstić information content (AvgIpc) is 2.44. The molecular formula is C13H10F3IN2O3S. The van der Waals surface area contributed by atoms with Gasteiger partial charge in [-0.3, -0.25) is 0 Å². The van der Waals surface area contributed by atoms with Gasteiger partial charge in [0.1, 0.15) is 17.3 Å². The van der Waals surface area contributed by atoms with E-state index in [2.05, 4.69) is 5.32 Å². The van der Waals surface area contributed by atoms with Crippen molar-refractivity contribution in [3.8, 4) is 5.75 Å². The molecule has 0 aliphatic rings. The SMILES string of the molecule is COc1cc(F)c(F)c(Nc2ccc(I)cc2F)c1S(N)(=O)=O. The third-order valence-electron chi connectivity index (χ3n) is 2.83. The highest BCUT2D eigenvalue weighted by Gasteiger charge is 2.27. The standard InChI is InChI=1S/C13H10F3IN2O3S/c1-22-10-5-8(15)11(16)12(13(10)23(18,20)21)19-9-3-2-6(17)4-7(9)14/h2-5,19H,1H3,(H2,18,20,21). The Morgan fingerprint density at radius 2 is 1.83 bits per heavy atom. The molecule has 2 rings (SSSR count). The molecule has 5 nitrogen and oxygen atoms in total. The number of hydrogen-bond donors (Lipinski definition) is 2. The number of halogens is 4. The van der Waals surface area contributed by atoms with Crippen LogP contribution in [0.3, 0.4) is 0 Å². The lowest BCUT2D eigenvalue weighted by Crippen LogP contribution is -2.17. The van der Waals surface area contributed by atoms with Crippen molar-refractivity contribution < 1.29 is 26.3 Å². The quantitative estimate of drug-likeness (QED) is 0.691. The van der Waals surface area contributed by atoms with Crippen molar-refractivity contribution in [2.75, 3.05) is 12.4 Å². The molecule has 0 fully saturated rings. The Labute approximate surface area is 143 Å². The molecule has 0 aliphatic heterocycles. The van der Waals surface area contributed by atoms with Gasteiger partial charge in [0.2, 0.25) is 10.0 Å². The lowest BCUT2D eigenvalue weighted by Gasteiger charge is -2.16. The second-order valence-electron chi connectivity index (χ2n) is 4.37. The average molecular weight is 458 g/mol. The van der Waals surface area contributed by atoms with E-state index in [-0.39, 0.29) is 5.69 Å². The van der Waals surface area contributed by atoms with Gasteiger partial charge < -0.3 is 10.1 Å². The number of ether oxygens (including phenoxy) is 1. The van der Waals surface area contributed by atoms with Gasteiger partial charge in [-0.05, 0) is 40.8 Å². The van der Waals surface area contributed by atoms with E-state index in [4.69, 9.17) is 9.88 Å². The van der Waals surface area contributed by atoms with Crippen molar-refractivity contribution in [2.45, 2.75) is 4.90 Å². The van der Waals surface area contributed by atoms with Crippen molar-refractivity contribution >= 4 is 44.0 Å². The number of nitrogens with one attached hydrogen (secondary N) is 1. The maximum atomic E-state index is 14.1. The van der Waals surface area contributed by atoms with Gasteiger partial charge >= 0.3 is 0 Å². The highest BCUT2D eigenvalue weighted by Crippen LogP contribution is 2.37. The number of anilines is 2. The smallest absolute Gasteiger partial charge is 0.243 e. The summed E-state index contributed by atoms with van der Waals surface area (Å²) in [5, 5.41) is 7.26. The fourth-order valence-corrected chi connectivity index (χ4v) is 3.16. The summed E-state index contributed by atoms with van der Waals surface area (Å²) in [7, 11) is -3.41.